The standard InChI is InChI=1S/C16H16.C2H7N/c1-13-8-10-15(11-9-13)12-14(2)16-6-4-3-5-7-16;1-3-2/h3-12H,1-2H3;3H,1-2H3/b14-12-;. The summed E-state index contributed by atoms with van der Waals surface area (Å²) in [6.07, 6.45) is 2.22. The van der Waals surface area contributed by atoms with Gasteiger partial charge in [-0.3, -0.25) is 0 Å². The second-order valence-corrected chi connectivity index (χ2v) is 4.60. The van der Waals surface area contributed by atoms with Crippen molar-refractivity contribution in [1.82, 2.24) is 5.32 Å². The average molecular weight is 253 g/mol. The van der Waals surface area contributed by atoms with Crippen LogP contribution in [0.5, 0.6) is 0 Å². The van der Waals surface area contributed by atoms with E-state index in [1.165, 1.54) is 22.3 Å². The summed E-state index contributed by atoms with van der Waals surface area (Å²) < 4.78 is 0. The molecule has 0 bridgehead atoms. The minimum atomic E-state index is 1.26. The first-order valence-electron chi connectivity index (χ1n) is 6.56. The van der Waals surface area contributed by atoms with Crippen molar-refractivity contribution >= 4 is 11.6 Å². The molecule has 2 aromatic carbocycles. The minimum Gasteiger partial charge on any atom is -0.323 e. The number of hydrogen-bond donors (Lipinski definition) is 1. The molecule has 0 atom stereocenters. The quantitative estimate of drug-likeness (QED) is 0.783. The number of hydrogen-bond acceptors (Lipinski definition) is 1. The molecule has 1 heteroatoms. The van der Waals surface area contributed by atoms with Gasteiger partial charge in [-0.2, -0.15) is 0 Å². The topological polar surface area (TPSA) is 12.0 Å². The fraction of sp³-hybridized carbons (Fsp3) is 0.222. The van der Waals surface area contributed by atoms with Crippen LogP contribution >= 0.6 is 0 Å². The molecule has 0 aromatic heterocycles. The van der Waals surface area contributed by atoms with E-state index >= 15 is 0 Å². The number of allylic oxidation sites excluding steroid dienone is 1. The summed E-state index contributed by atoms with van der Waals surface area (Å²) in [4.78, 5) is 0. The second-order valence-electron chi connectivity index (χ2n) is 4.60. The van der Waals surface area contributed by atoms with Crippen molar-refractivity contribution in [3.63, 3.8) is 0 Å². The molecular weight excluding hydrogens is 230 g/mol. The molecule has 0 fully saturated rings. The van der Waals surface area contributed by atoms with Crippen LogP contribution in [0.4, 0.5) is 0 Å². The van der Waals surface area contributed by atoms with Gasteiger partial charge in [-0.1, -0.05) is 66.2 Å². The van der Waals surface area contributed by atoms with E-state index in [1.54, 1.807) is 0 Å². The van der Waals surface area contributed by atoms with Gasteiger partial charge in [0.2, 0.25) is 0 Å². The van der Waals surface area contributed by atoms with E-state index in [1.807, 2.05) is 20.2 Å². The summed E-state index contributed by atoms with van der Waals surface area (Å²) in [7, 11) is 3.75. The molecule has 0 heterocycles. The van der Waals surface area contributed by atoms with Crippen LogP contribution in [-0.2, 0) is 0 Å². The summed E-state index contributed by atoms with van der Waals surface area (Å²) in [5.41, 5.74) is 5.13. The van der Waals surface area contributed by atoms with Crippen molar-refractivity contribution in [3.8, 4) is 0 Å². The zero-order valence-electron chi connectivity index (χ0n) is 12.3. The molecule has 0 spiro atoms. The highest BCUT2D eigenvalue weighted by atomic mass is 14.7. The second kappa shape index (κ2) is 8.28. The zero-order chi connectivity index (χ0) is 14.1. The van der Waals surface area contributed by atoms with Crippen LogP contribution in [0.1, 0.15) is 23.6 Å². The highest BCUT2D eigenvalue weighted by Crippen LogP contribution is 2.17. The van der Waals surface area contributed by atoms with Crippen molar-refractivity contribution in [1.29, 1.82) is 0 Å². The molecule has 0 radical (unpaired) electrons. The molecule has 2 rings (SSSR count). The van der Waals surface area contributed by atoms with Crippen LogP contribution in [0.25, 0.3) is 11.6 Å². The van der Waals surface area contributed by atoms with Crippen LogP contribution in [0.3, 0.4) is 0 Å². The molecule has 0 saturated heterocycles. The van der Waals surface area contributed by atoms with Crippen LogP contribution < -0.4 is 5.32 Å². The van der Waals surface area contributed by atoms with Crippen molar-refractivity contribution in [2.75, 3.05) is 14.1 Å². The SMILES string of the molecule is C/C(=C/c1ccc(C)cc1)c1ccccc1.CNC. The fourth-order valence-corrected chi connectivity index (χ4v) is 1.70. The minimum absolute atomic E-state index is 1.26. The van der Waals surface area contributed by atoms with E-state index in [-0.39, 0.29) is 0 Å². The van der Waals surface area contributed by atoms with Crippen LogP contribution in [0.2, 0.25) is 0 Å². The van der Waals surface area contributed by atoms with Gasteiger partial charge in [-0.15, -0.1) is 0 Å². The molecule has 1 nitrogen and oxygen atoms in total. The first kappa shape index (κ1) is 15.2. The lowest BCUT2D eigenvalue weighted by molar-refractivity contribution is 1.02. The predicted octanol–water partition coefficient (Wildman–Crippen LogP) is 4.39. The van der Waals surface area contributed by atoms with E-state index in [4.69, 9.17) is 0 Å². The molecule has 0 aliphatic rings. The van der Waals surface area contributed by atoms with Gasteiger partial charge in [0.05, 0.1) is 0 Å². The Morgan fingerprint density at radius 3 is 1.95 bits per heavy atom. The largest absolute Gasteiger partial charge is 0.323 e. The lowest BCUT2D eigenvalue weighted by atomic mass is 10.0. The normalized spacial score (nSPS) is 10.6. The monoisotopic (exact) mass is 253 g/mol. The molecule has 100 valence electrons. The Morgan fingerprint density at radius 2 is 1.42 bits per heavy atom. The number of benzene rings is 2. The summed E-state index contributed by atoms with van der Waals surface area (Å²) in [6.45, 7) is 4.26. The van der Waals surface area contributed by atoms with Gasteiger partial charge in [0, 0.05) is 0 Å². The Morgan fingerprint density at radius 1 is 0.895 bits per heavy atom. The van der Waals surface area contributed by atoms with Crippen molar-refractivity contribution < 1.29 is 0 Å². The maximum atomic E-state index is 2.75. The maximum Gasteiger partial charge on any atom is -0.0167 e. The van der Waals surface area contributed by atoms with E-state index < -0.39 is 0 Å². The first-order valence-corrected chi connectivity index (χ1v) is 6.56. The number of aryl methyl sites for hydroxylation is 1. The van der Waals surface area contributed by atoms with Crippen molar-refractivity contribution in [3.05, 3.63) is 71.3 Å². The molecule has 0 amide bonds. The van der Waals surface area contributed by atoms with Gasteiger partial charge in [-0.05, 0) is 44.6 Å². The summed E-state index contributed by atoms with van der Waals surface area (Å²) in [6, 6.07) is 19.1. The smallest absolute Gasteiger partial charge is 0.0167 e. The predicted molar refractivity (Wildman–Crippen MR) is 86.1 cm³/mol. The van der Waals surface area contributed by atoms with Crippen molar-refractivity contribution in [2.24, 2.45) is 0 Å². The van der Waals surface area contributed by atoms with Gasteiger partial charge in [0.15, 0.2) is 0 Å². The van der Waals surface area contributed by atoms with E-state index in [0.29, 0.717) is 0 Å². The third kappa shape index (κ3) is 5.54. The van der Waals surface area contributed by atoms with Gasteiger partial charge < -0.3 is 5.32 Å². The maximum absolute atomic E-state index is 2.75. The lowest BCUT2D eigenvalue weighted by Gasteiger charge is -2.01. The van der Waals surface area contributed by atoms with Crippen molar-refractivity contribution in [2.45, 2.75) is 13.8 Å². The van der Waals surface area contributed by atoms with E-state index in [2.05, 4.69) is 73.8 Å². The lowest BCUT2D eigenvalue weighted by Crippen LogP contribution is -1.89. The van der Waals surface area contributed by atoms with Crippen LogP contribution in [0, 0.1) is 6.92 Å². The molecule has 1 N–H and O–H groups in total. The van der Waals surface area contributed by atoms with Gasteiger partial charge in [0.25, 0.3) is 0 Å². The highest BCUT2D eigenvalue weighted by Gasteiger charge is 1.94. The number of nitrogens with one attached hydrogen (secondary N) is 1. The van der Waals surface area contributed by atoms with Gasteiger partial charge in [-0.25, -0.2) is 0 Å². The zero-order valence-corrected chi connectivity index (χ0v) is 12.3. The summed E-state index contributed by atoms with van der Waals surface area (Å²) >= 11 is 0. The first-order chi connectivity index (χ1) is 9.17. The molecule has 2 aromatic rings. The van der Waals surface area contributed by atoms with Crippen LogP contribution in [0.15, 0.2) is 54.6 Å². The average Bonchev–Trinajstić information content (AvgIpc) is 2.43. The van der Waals surface area contributed by atoms with Gasteiger partial charge in [0.1, 0.15) is 0 Å². The van der Waals surface area contributed by atoms with E-state index in [0.717, 1.165) is 0 Å². The Hall–Kier alpha value is -1.86. The Bertz CT molecular complexity index is 495. The Kier molecular flexibility index (Phi) is 6.62. The molecule has 0 unspecified atom stereocenters. The highest BCUT2D eigenvalue weighted by molar-refractivity contribution is 5.80. The van der Waals surface area contributed by atoms with Gasteiger partial charge >= 0.3 is 0 Å². The van der Waals surface area contributed by atoms with E-state index in [9.17, 15) is 0 Å². The molecule has 0 saturated carbocycles. The molecule has 0 aliphatic heterocycles. The third-order valence-corrected chi connectivity index (χ3v) is 2.69. The fourth-order valence-electron chi connectivity index (χ4n) is 1.70. The third-order valence-electron chi connectivity index (χ3n) is 2.69. The Balaban J connectivity index is 0.000000550. The van der Waals surface area contributed by atoms with Crippen LogP contribution in [-0.4, -0.2) is 14.1 Å². The molecular formula is C18H23N. The number of rotatable bonds is 2. The molecule has 19 heavy (non-hydrogen) atoms. The summed E-state index contributed by atoms with van der Waals surface area (Å²) in [5.74, 6) is 0. The summed E-state index contributed by atoms with van der Waals surface area (Å²) in [5, 5.41) is 2.75. The Labute approximate surface area is 117 Å². The molecule has 0 aliphatic carbocycles.